The summed E-state index contributed by atoms with van der Waals surface area (Å²) in [7, 11) is 0. The fraction of sp³-hybridized carbons (Fsp3) is 0.619. The minimum absolute atomic E-state index is 0.0679. The molecule has 6 nitrogen and oxygen atoms in total. The quantitative estimate of drug-likeness (QED) is 0.630. The molecule has 2 fully saturated rings. The lowest BCUT2D eigenvalue weighted by molar-refractivity contribution is -0.137. The minimum Gasteiger partial charge on any atom is -0.368 e. The number of halogens is 2. The molecule has 0 aliphatic carbocycles. The topological polar surface area (TPSA) is 69.9 Å². The monoisotopic (exact) mass is 440 g/mol. The van der Waals surface area contributed by atoms with Crippen LogP contribution >= 0.6 is 23.2 Å². The van der Waals surface area contributed by atoms with Crippen molar-refractivity contribution in [1.29, 1.82) is 0 Å². The number of unbranched alkanes of at least 4 members (excludes halogenated alkanes) is 2. The lowest BCUT2D eigenvalue weighted by atomic mass is 10.1. The molecule has 0 radical (unpaired) electrons. The Kier molecular flexibility index (Phi) is 8.04. The summed E-state index contributed by atoms with van der Waals surface area (Å²) in [5, 5.41) is 1.22. The summed E-state index contributed by atoms with van der Waals surface area (Å²) in [6.07, 6.45) is 5.02. The van der Waals surface area contributed by atoms with E-state index in [1.54, 1.807) is 4.90 Å². The molecule has 3 rings (SSSR count). The molecule has 0 bridgehead atoms. The van der Waals surface area contributed by atoms with Gasteiger partial charge in [-0.15, -0.1) is 0 Å². The third kappa shape index (κ3) is 5.77. The fourth-order valence-electron chi connectivity index (χ4n) is 4.24. The zero-order valence-corrected chi connectivity index (χ0v) is 18.3. The van der Waals surface area contributed by atoms with Crippen molar-refractivity contribution in [3.8, 4) is 0 Å². The van der Waals surface area contributed by atoms with Crippen molar-refractivity contribution in [3.63, 3.8) is 0 Å². The summed E-state index contributed by atoms with van der Waals surface area (Å²) in [4.78, 5) is 30.2. The van der Waals surface area contributed by atoms with Crippen LogP contribution in [0, 0.1) is 0 Å². The standard InChI is InChI=1S/C21H30Cl2N4O2/c22-16-6-4-7-17(20(16)23)26-14-12-25(13-15-26)10-3-1-2-9-19(28)27-11-5-8-18(27)21(24)29/h4,6-7,18H,1-3,5,8-15H2,(H2,24,29)/t18-/m0/s1. The van der Waals surface area contributed by atoms with Gasteiger partial charge in [-0.05, 0) is 44.4 Å². The molecule has 1 aromatic carbocycles. The van der Waals surface area contributed by atoms with Crippen molar-refractivity contribution in [1.82, 2.24) is 9.80 Å². The Hall–Kier alpha value is -1.50. The highest BCUT2D eigenvalue weighted by atomic mass is 35.5. The summed E-state index contributed by atoms with van der Waals surface area (Å²) in [6, 6.07) is 5.37. The number of rotatable bonds is 8. The zero-order chi connectivity index (χ0) is 20.8. The molecule has 2 amide bonds. The molecule has 2 N–H and O–H groups in total. The van der Waals surface area contributed by atoms with Crippen molar-refractivity contribution < 1.29 is 9.59 Å². The van der Waals surface area contributed by atoms with E-state index in [1.165, 1.54) is 0 Å². The Balaban J connectivity index is 1.32. The maximum Gasteiger partial charge on any atom is 0.240 e. The van der Waals surface area contributed by atoms with E-state index in [1.807, 2.05) is 18.2 Å². The molecular formula is C21H30Cl2N4O2. The van der Waals surface area contributed by atoms with Crippen LogP contribution in [0.15, 0.2) is 18.2 Å². The SMILES string of the molecule is NC(=O)[C@@H]1CCCN1C(=O)CCCCCN1CCN(c2cccc(Cl)c2Cl)CC1. The van der Waals surface area contributed by atoms with E-state index in [-0.39, 0.29) is 11.8 Å². The van der Waals surface area contributed by atoms with E-state index >= 15 is 0 Å². The molecule has 1 aromatic rings. The van der Waals surface area contributed by atoms with Crippen molar-refractivity contribution in [2.24, 2.45) is 5.73 Å². The molecule has 160 valence electrons. The first kappa shape index (κ1) is 22.2. The molecule has 29 heavy (non-hydrogen) atoms. The third-order valence-corrected chi connectivity index (χ3v) is 6.72. The van der Waals surface area contributed by atoms with Crippen LogP contribution in [0.3, 0.4) is 0 Å². The number of piperazine rings is 1. The summed E-state index contributed by atoms with van der Waals surface area (Å²) in [6.45, 7) is 5.56. The van der Waals surface area contributed by atoms with Crippen molar-refractivity contribution >= 4 is 40.7 Å². The van der Waals surface area contributed by atoms with Crippen LogP contribution in [0.25, 0.3) is 0 Å². The van der Waals surface area contributed by atoms with Crippen LogP contribution in [0.4, 0.5) is 5.69 Å². The number of nitrogens with two attached hydrogens (primary N) is 1. The number of nitrogens with zero attached hydrogens (tertiary/aromatic N) is 3. The van der Waals surface area contributed by atoms with Gasteiger partial charge < -0.3 is 15.5 Å². The first-order valence-electron chi connectivity index (χ1n) is 10.5. The number of anilines is 1. The van der Waals surface area contributed by atoms with E-state index in [4.69, 9.17) is 28.9 Å². The van der Waals surface area contributed by atoms with Crippen LogP contribution in [0.1, 0.15) is 38.5 Å². The Morgan fingerprint density at radius 1 is 1.03 bits per heavy atom. The van der Waals surface area contributed by atoms with E-state index in [2.05, 4.69) is 9.80 Å². The smallest absolute Gasteiger partial charge is 0.240 e. The molecule has 2 aliphatic heterocycles. The average Bonchev–Trinajstić information content (AvgIpc) is 3.21. The van der Waals surface area contributed by atoms with Gasteiger partial charge in [0, 0.05) is 39.1 Å². The van der Waals surface area contributed by atoms with Crippen LogP contribution in [-0.2, 0) is 9.59 Å². The minimum atomic E-state index is -0.396. The van der Waals surface area contributed by atoms with E-state index in [0.29, 0.717) is 29.4 Å². The number of hydrogen-bond acceptors (Lipinski definition) is 4. The highest BCUT2D eigenvalue weighted by Crippen LogP contribution is 2.32. The fourth-order valence-corrected chi connectivity index (χ4v) is 4.66. The first-order valence-corrected chi connectivity index (χ1v) is 11.2. The molecule has 0 saturated carbocycles. The summed E-state index contributed by atoms with van der Waals surface area (Å²) in [5.41, 5.74) is 6.40. The Labute approximate surface area is 182 Å². The Bertz CT molecular complexity index is 723. The van der Waals surface area contributed by atoms with Gasteiger partial charge in [-0.1, -0.05) is 35.7 Å². The van der Waals surface area contributed by atoms with E-state index in [9.17, 15) is 9.59 Å². The molecule has 2 heterocycles. The van der Waals surface area contributed by atoms with Gasteiger partial charge in [0.25, 0.3) is 0 Å². The zero-order valence-electron chi connectivity index (χ0n) is 16.8. The number of likely N-dealkylation sites (tertiary alicyclic amines) is 1. The second kappa shape index (κ2) is 10.5. The molecule has 0 aromatic heterocycles. The predicted molar refractivity (Wildman–Crippen MR) is 118 cm³/mol. The lowest BCUT2D eigenvalue weighted by Gasteiger charge is -2.36. The maximum atomic E-state index is 12.3. The normalized spacial score (nSPS) is 20.3. The first-order chi connectivity index (χ1) is 14.0. The van der Waals surface area contributed by atoms with Gasteiger partial charge in [0.15, 0.2) is 0 Å². The van der Waals surface area contributed by atoms with Crippen molar-refractivity contribution in [2.75, 3.05) is 44.2 Å². The van der Waals surface area contributed by atoms with Crippen LogP contribution in [0.2, 0.25) is 10.0 Å². The molecule has 8 heteroatoms. The Morgan fingerprint density at radius 3 is 2.52 bits per heavy atom. The second-order valence-corrected chi connectivity index (χ2v) is 8.64. The molecule has 2 saturated heterocycles. The summed E-state index contributed by atoms with van der Waals surface area (Å²) >= 11 is 12.5. The van der Waals surface area contributed by atoms with Crippen LogP contribution < -0.4 is 10.6 Å². The average molecular weight is 441 g/mol. The molecule has 0 unspecified atom stereocenters. The molecule has 2 aliphatic rings. The second-order valence-electron chi connectivity index (χ2n) is 7.86. The molecule has 1 atom stereocenters. The molecule has 0 spiro atoms. The third-order valence-electron chi connectivity index (χ3n) is 5.91. The number of carbonyl (C=O) groups is 2. The number of hydrogen-bond donors (Lipinski definition) is 1. The lowest BCUT2D eigenvalue weighted by Crippen LogP contribution is -2.46. The largest absolute Gasteiger partial charge is 0.368 e. The van der Waals surface area contributed by atoms with E-state index < -0.39 is 6.04 Å². The number of amides is 2. The van der Waals surface area contributed by atoms with Gasteiger partial charge in [0.05, 0.1) is 15.7 Å². The number of benzene rings is 1. The van der Waals surface area contributed by atoms with Gasteiger partial charge in [0.2, 0.25) is 11.8 Å². The van der Waals surface area contributed by atoms with Gasteiger partial charge >= 0.3 is 0 Å². The van der Waals surface area contributed by atoms with Crippen molar-refractivity contribution in [3.05, 3.63) is 28.2 Å². The number of primary amides is 1. The molecular weight excluding hydrogens is 411 g/mol. The summed E-state index contributed by atoms with van der Waals surface area (Å²) < 4.78 is 0. The van der Waals surface area contributed by atoms with Gasteiger partial charge in [0.1, 0.15) is 6.04 Å². The van der Waals surface area contributed by atoms with Crippen LogP contribution in [0.5, 0.6) is 0 Å². The Morgan fingerprint density at radius 2 is 1.79 bits per heavy atom. The van der Waals surface area contributed by atoms with Crippen molar-refractivity contribution in [2.45, 2.75) is 44.6 Å². The number of carbonyl (C=O) groups excluding carboxylic acids is 2. The van der Waals surface area contributed by atoms with Gasteiger partial charge in [-0.25, -0.2) is 0 Å². The predicted octanol–water partition coefficient (Wildman–Crippen LogP) is 3.15. The summed E-state index contributed by atoms with van der Waals surface area (Å²) in [5.74, 6) is -0.313. The maximum absolute atomic E-state index is 12.3. The van der Waals surface area contributed by atoms with Gasteiger partial charge in [-0.3, -0.25) is 14.5 Å². The van der Waals surface area contributed by atoms with Gasteiger partial charge in [-0.2, -0.15) is 0 Å². The van der Waals surface area contributed by atoms with E-state index in [0.717, 1.165) is 64.1 Å². The highest BCUT2D eigenvalue weighted by molar-refractivity contribution is 6.43. The highest BCUT2D eigenvalue weighted by Gasteiger charge is 2.32. The van der Waals surface area contributed by atoms with Crippen LogP contribution in [-0.4, -0.2) is 66.9 Å².